The quantitative estimate of drug-likeness (QED) is 0.488. The van der Waals surface area contributed by atoms with Crippen molar-refractivity contribution < 1.29 is 15.3 Å². The second kappa shape index (κ2) is 8.61. The SMILES string of the molecule is C=C(CC[C@@H](C)[C@H]1CC[C@@H]2[C@H]3[C@H](O)C=C4C[C@@H](O)CC[C@]4(CO)[C@@H]3CC[C@@]21C)C(C)C. The van der Waals surface area contributed by atoms with Gasteiger partial charge in [0.1, 0.15) is 0 Å². The van der Waals surface area contributed by atoms with Gasteiger partial charge in [-0.1, -0.05) is 51.5 Å². The molecule has 3 nitrogen and oxygen atoms in total. The monoisotopic (exact) mass is 430 g/mol. The van der Waals surface area contributed by atoms with Crippen molar-refractivity contribution in [3.8, 4) is 0 Å². The van der Waals surface area contributed by atoms with Crippen molar-refractivity contribution in [3.05, 3.63) is 23.8 Å². The average molecular weight is 431 g/mol. The maximum Gasteiger partial charge on any atom is 0.0757 e. The van der Waals surface area contributed by atoms with Gasteiger partial charge in [-0.15, -0.1) is 0 Å². The van der Waals surface area contributed by atoms with E-state index in [0.717, 1.165) is 31.3 Å². The first-order valence-corrected chi connectivity index (χ1v) is 13.0. The molecular weight excluding hydrogens is 384 g/mol. The van der Waals surface area contributed by atoms with Gasteiger partial charge in [0, 0.05) is 5.41 Å². The van der Waals surface area contributed by atoms with Crippen molar-refractivity contribution in [2.75, 3.05) is 6.61 Å². The molecule has 4 rings (SSSR count). The molecule has 0 amide bonds. The first-order valence-electron chi connectivity index (χ1n) is 13.0. The predicted molar refractivity (Wildman–Crippen MR) is 126 cm³/mol. The molecule has 9 atom stereocenters. The Kier molecular flexibility index (Phi) is 6.53. The number of allylic oxidation sites excluding steroid dienone is 1. The molecule has 0 radical (unpaired) electrons. The standard InChI is InChI=1S/C28H46O3/c1-17(2)18(3)6-7-19(4)22-8-9-23-26-24(11-12-27(22,23)5)28(16-29)13-10-21(30)14-20(28)15-25(26)31/h15,17,19,21-26,29-31H,3,6-14,16H2,1-2,4-5H3/t19-,21+,22-,23-,24-,25-,26-,27-,28-/m1/s1. The van der Waals surface area contributed by atoms with Gasteiger partial charge in [0.05, 0.1) is 18.8 Å². The lowest BCUT2D eigenvalue weighted by Crippen LogP contribution is -2.57. The van der Waals surface area contributed by atoms with Crippen LogP contribution in [0.1, 0.15) is 85.5 Å². The highest BCUT2D eigenvalue weighted by molar-refractivity contribution is 5.29. The van der Waals surface area contributed by atoms with E-state index in [1.54, 1.807) is 0 Å². The minimum atomic E-state index is -0.427. The highest BCUT2D eigenvalue weighted by Crippen LogP contribution is 2.67. The molecule has 3 saturated carbocycles. The van der Waals surface area contributed by atoms with Crippen LogP contribution in [0.4, 0.5) is 0 Å². The van der Waals surface area contributed by atoms with E-state index < -0.39 is 6.10 Å². The Morgan fingerprint density at radius 2 is 1.84 bits per heavy atom. The van der Waals surface area contributed by atoms with Crippen molar-refractivity contribution in [1.29, 1.82) is 0 Å². The molecule has 0 bridgehead atoms. The maximum atomic E-state index is 11.3. The zero-order valence-corrected chi connectivity index (χ0v) is 20.3. The molecule has 3 N–H and O–H groups in total. The summed E-state index contributed by atoms with van der Waals surface area (Å²) >= 11 is 0. The van der Waals surface area contributed by atoms with Gasteiger partial charge in [-0.3, -0.25) is 0 Å². The molecule has 0 saturated heterocycles. The minimum absolute atomic E-state index is 0.167. The second-order valence-electron chi connectivity index (χ2n) is 12.2. The number of aliphatic hydroxyl groups excluding tert-OH is 3. The van der Waals surface area contributed by atoms with Gasteiger partial charge in [-0.2, -0.15) is 0 Å². The number of fused-ring (bicyclic) bond motifs is 5. The summed E-state index contributed by atoms with van der Waals surface area (Å²) < 4.78 is 0. The zero-order valence-electron chi connectivity index (χ0n) is 20.3. The van der Waals surface area contributed by atoms with Crippen LogP contribution in [0.25, 0.3) is 0 Å². The van der Waals surface area contributed by atoms with Crippen LogP contribution < -0.4 is 0 Å². The Balaban J connectivity index is 1.56. The van der Waals surface area contributed by atoms with Crippen molar-refractivity contribution in [2.24, 2.45) is 46.3 Å². The van der Waals surface area contributed by atoms with Crippen LogP contribution in [0.3, 0.4) is 0 Å². The minimum Gasteiger partial charge on any atom is -0.395 e. The Bertz CT molecular complexity index is 711. The molecule has 0 aromatic heterocycles. The average Bonchev–Trinajstić information content (AvgIpc) is 3.08. The summed E-state index contributed by atoms with van der Waals surface area (Å²) in [5.74, 6) is 3.12. The van der Waals surface area contributed by atoms with Crippen molar-refractivity contribution in [1.82, 2.24) is 0 Å². The van der Waals surface area contributed by atoms with Gasteiger partial charge in [0.15, 0.2) is 0 Å². The normalized spacial score (nSPS) is 45.5. The number of aliphatic hydroxyl groups is 3. The van der Waals surface area contributed by atoms with Crippen LogP contribution >= 0.6 is 0 Å². The van der Waals surface area contributed by atoms with Crippen LogP contribution in [0.5, 0.6) is 0 Å². The molecule has 0 aromatic carbocycles. The number of hydrogen-bond acceptors (Lipinski definition) is 3. The third-order valence-electron chi connectivity index (χ3n) is 10.6. The zero-order chi connectivity index (χ0) is 22.6. The van der Waals surface area contributed by atoms with Crippen molar-refractivity contribution in [2.45, 2.75) is 97.7 Å². The van der Waals surface area contributed by atoms with Crippen LogP contribution in [0.15, 0.2) is 23.8 Å². The lowest BCUT2D eigenvalue weighted by atomic mass is 9.46. The molecule has 0 aromatic rings. The van der Waals surface area contributed by atoms with Crippen LogP contribution in [-0.2, 0) is 0 Å². The fourth-order valence-corrected chi connectivity index (χ4v) is 8.61. The topological polar surface area (TPSA) is 60.7 Å². The van der Waals surface area contributed by atoms with Gasteiger partial charge >= 0.3 is 0 Å². The van der Waals surface area contributed by atoms with Crippen LogP contribution in [0, 0.1) is 46.3 Å². The molecule has 4 aliphatic rings. The molecule has 3 fully saturated rings. The maximum absolute atomic E-state index is 11.3. The Hall–Kier alpha value is -0.640. The van der Waals surface area contributed by atoms with Crippen molar-refractivity contribution in [3.63, 3.8) is 0 Å². The summed E-state index contributed by atoms with van der Waals surface area (Å²) in [7, 11) is 0. The van der Waals surface area contributed by atoms with Gasteiger partial charge in [0.2, 0.25) is 0 Å². The first kappa shape index (κ1) is 23.5. The van der Waals surface area contributed by atoms with Gasteiger partial charge in [-0.25, -0.2) is 0 Å². The third kappa shape index (κ3) is 3.77. The van der Waals surface area contributed by atoms with E-state index in [0.29, 0.717) is 36.0 Å². The summed E-state index contributed by atoms with van der Waals surface area (Å²) in [4.78, 5) is 0. The summed E-state index contributed by atoms with van der Waals surface area (Å²) in [5.41, 5.74) is 2.60. The lowest BCUT2D eigenvalue weighted by molar-refractivity contribution is -0.114. The fraction of sp³-hybridized carbons (Fsp3) is 0.857. The highest BCUT2D eigenvalue weighted by Gasteiger charge is 2.62. The molecule has 176 valence electrons. The van der Waals surface area contributed by atoms with E-state index in [4.69, 9.17) is 0 Å². The van der Waals surface area contributed by atoms with E-state index >= 15 is 0 Å². The van der Waals surface area contributed by atoms with E-state index in [2.05, 4.69) is 40.3 Å². The molecule has 31 heavy (non-hydrogen) atoms. The fourth-order valence-electron chi connectivity index (χ4n) is 8.61. The molecule has 0 aliphatic heterocycles. The largest absolute Gasteiger partial charge is 0.395 e. The summed E-state index contributed by atoms with van der Waals surface area (Å²) in [6.07, 6.45) is 10.7. The summed E-state index contributed by atoms with van der Waals surface area (Å²) in [6, 6.07) is 0. The predicted octanol–water partition coefficient (Wildman–Crippen LogP) is 5.50. The second-order valence-corrected chi connectivity index (χ2v) is 12.2. The van der Waals surface area contributed by atoms with Crippen LogP contribution in [0.2, 0.25) is 0 Å². The summed E-state index contributed by atoms with van der Waals surface area (Å²) in [6.45, 7) is 13.9. The van der Waals surface area contributed by atoms with E-state index in [1.807, 2.05) is 0 Å². The number of hydrogen-bond donors (Lipinski definition) is 3. The molecule has 0 heterocycles. The molecule has 0 spiro atoms. The smallest absolute Gasteiger partial charge is 0.0757 e. The molecular formula is C28H46O3. The number of rotatable bonds is 6. The van der Waals surface area contributed by atoms with E-state index in [9.17, 15) is 15.3 Å². The third-order valence-corrected chi connectivity index (χ3v) is 10.6. The van der Waals surface area contributed by atoms with Gasteiger partial charge < -0.3 is 15.3 Å². The molecule has 0 unspecified atom stereocenters. The Morgan fingerprint density at radius 3 is 2.52 bits per heavy atom. The molecule has 4 aliphatic carbocycles. The first-order chi connectivity index (χ1) is 14.6. The van der Waals surface area contributed by atoms with Gasteiger partial charge in [-0.05, 0) is 98.7 Å². The Labute approximate surface area is 190 Å². The van der Waals surface area contributed by atoms with Gasteiger partial charge in [0.25, 0.3) is 0 Å². The summed E-state index contributed by atoms with van der Waals surface area (Å²) in [5, 5.41) is 32.1. The van der Waals surface area contributed by atoms with E-state index in [-0.39, 0.29) is 29.5 Å². The van der Waals surface area contributed by atoms with Crippen molar-refractivity contribution >= 4 is 0 Å². The van der Waals surface area contributed by atoms with E-state index in [1.165, 1.54) is 31.3 Å². The highest BCUT2D eigenvalue weighted by atomic mass is 16.3. The van der Waals surface area contributed by atoms with Crippen LogP contribution in [-0.4, -0.2) is 34.1 Å². The Morgan fingerprint density at radius 1 is 1.10 bits per heavy atom. The molecule has 3 heteroatoms. The lowest BCUT2D eigenvalue weighted by Gasteiger charge is -2.60.